The molecule has 1 N–H and O–H groups in total. The van der Waals surface area contributed by atoms with Crippen molar-refractivity contribution in [2.24, 2.45) is 0 Å². The molecule has 0 aliphatic carbocycles. The number of hydrogen-bond donors (Lipinski definition) is 1. The Balaban J connectivity index is 1.72. The molecule has 0 atom stereocenters. The normalized spacial score (nSPS) is 13.9. The number of anilines is 2. The number of halogens is 2. The van der Waals surface area contributed by atoms with Gasteiger partial charge in [0, 0.05) is 23.1 Å². The maximum atomic E-state index is 12.6. The van der Waals surface area contributed by atoms with Crippen molar-refractivity contribution in [3.8, 4) is 5.75 Å². The van der Waals surface area contributed by atoms with Gasteiger partial charge in [-0.1, -0.05) is 37.0 Å². The van der Waals surface area contributed by atoms with Gasteiger partial charge in [0.2, 0.25) is 0 Å². The van der Waals surface area contributed by atoms with Gasteiger partial charge in [0.15, 0.2) is 6.61 Å². The SMILES string of the molecule is Cc1cc(OCC(=O)Nc2cc(Cl)ccc2N2CCCC2)c(C(C)C)cc1Cl. The summed E-state index contributed by atoms with van der Waals surface area (Å²) in [5.74, 6) is 0.716. The van der Waals surface area contributed by atoms with Gasteiger partial charge < -0.3 is 15.0 Å². The highest BCUT2D eigenvalue weighted by Crippen LogP contribution is 2.33. The fourth-order valence-electron chi connectivity index (χ4n) is 3.42. The lowest BCUT2D eigenvalue weighted by molar-refractivity contribution is -0.118. The molecule has 0 radical (unpaired) electrons. The number of nitrogens with zero attached hydrogens (tertiary/aromatic N) is 1. The Hall–Kier alpha value is -1.91. The minimum Gasteiger partial charge on any atom is -0.483 e. The first-order valence-corrected chi connectivity index (χ1v) is 10.4. The van der Waals surface area contributed by atoms with E-state index in [0.29, 0.717) is 15.8 Å². The van der Waals surface area contributed by atoms with Crippen LogP contribution in [0.2, 0.25) is 10.0 Å². The molecule has 1 heterocycles. The molecule has 1 amide bonds. The van der Waals surface area contributed by atoms with Crippen LogP contribution in [-0.2, 0) is 4.79 Å². The van der Waals surface area contributed by atoms with Crippen LogP contribution in [0.1, 0.15) is 43.7 Å². The Bertz CT molecular complexity index is 862. The van der Waals surface area contributed by atoms with Crippen molar-refractivity contribution in [1.29, 1.82) is 0 Å². The van der Waals surface area contributed by atoms with E-state index in [9.17, 15) is 4.79 Å². The van der Waals surface area contributed by atoms with E-state index in [4.69, 9.17) is 27.9 Å². The molecule has 6 heteroatoms. The van der Waals surface area contributed by atoms with Crippen molar-refractivity contribution in [1.82, 2.24) is 0 Å². The minimum absolute atomic E-state index is 0.0766. The average Bonchev–Trinajstić information content (AvgIpc) is 3.16. The zero-order valence-electron chi connectivity index (χ0n) is 16.5. The van der Waals surface area contributed by atoms with Crippen LogP contribution in [0.15, 0.2) is 30.3 Å². The number of rotatable bonds is 6. The van der Waals surface area contributed by atoms with Crippen molar-refractivity contribution in [2.75, 3.05) is 29.9 Å². The van der Waals surface area contributed by atoms with Crippen molar-refractivity contribution >= 4 is 40.5 Å². The lowest BCUT2D eigenvalue weighted by Crippen LogP contribution is -2.24. The molecular weight excluding hydrogens is 395 g/mol. The maximum absolute atomic E-state index is 12.6. The highest BCUT2D eigenvalue weighted by atomic mass is 35.5. The number of benzene rings is 2. The van der Waals surface area contributed by atoms with Gasteiger partial charge in [-0.2, -0.15) is 0 Å². The summed E-state index contributed by atoms with van der Waals surface area (Å²) in [5.41, 5.74) is 3.64. The van der Waals surface area contributed by atoms with Gasteiger partial charge in [-0.15, -0.1) is 0 Å². The van der Waals surface area contributed by atoms with E-state index in [2.05, 4.69) is 24.1 Å². The molecule has 1 saturated heterocycles. The summed E-state index contributed by atoms with van der Waals surface area (Å²) in [6.45, 7) is 7.97. The summed E-state index contributed by atoms with van der Waals surface area (Å²) in [4.78, 5) is 14.8. The third-order valence-corrected chi connectivity index (χ3v) is 5.59. The summed E-state index contributed by atoms with van der Waals surface area (Å²) in [6, 6.07) is 9.41. The summed E-state index contributed by atoms with van der Waals surface area (Å²) in [6.07, 6.45) is 2.32. The number of aryl methyl sites for hydroxylation is 1. The van der Waals surface area contributed by atoms with Crippen LogP contribution >= 0.6 is 23.2 Å². The van der Waals surface area contributed by atoms with E-state index in [1.165, 1.54) is 0 Å². The average molecular weight is 421 g/mol. The fraction of sp³-hybridized carbons (Fsp3) is 0.409. The highest BCUT2D eigenvalue weighted by molar-refractivity contribution is 6.31. The Morgan fingerprint density at radius 3 is 2.57 bits per heavy atom. The summed E-state index contributed by atoms with van der Waals surface area (Å²) in [5, 5.41) is 4.25. The molecule has 0 aromatic heterocycles. The quantitative estimate of drug-likeness (QED) is 0.618. The smallest absolute Gasteiger partial charge is 0.262 e. The fourth-order valence-corrected chi connectivity index (χ4v) is 3.76. The second-order valence-electron chi connectivity index (χ2n) is 7.49. The van der Waals surface area contributed by atoms with Crippen LogP contribution in [0.5, 0.6) is 5.75 Å². The summed E-state index contributed by atoms with van der Waals surface area (Å²) < 4.78 is 5.85. The molecule has 28 heavy (non-hydrogen) atoms. The van der Waals surface area contributed by atoms with Crippen molar-refractivity contribution in [3.05, 3.63) is 51.5 Å². The molecule has 0 spiro atoms. The van der Waals surface area contributed by atoms with Gasteiger partial charge in [0.05, 0.1) is 11.4 Å². The molecule has 1 aliphatic rings. The van der Waals surface area contributed by atoms with Crippen LogP contribution in [0, 0.1) is 6.92 Å². The van der Waals surface area contributed by atoms with Gasteiger partial charge >= 0.3 is 0 Å². The molecule has 2 aromatic rings. The molecule has 2 aromatic carbocycles. The van der Waals surface area contributed by atoms with Crippen molar-refractivity contribution in [3.63, 3.8) is 0 Å². The molecule has 0 bridgehead atoms. The Kier molecular flexibility index (Phi) is 6.73. The Morgan fingerprint density at radius 1 is 1.18 bits per heavy atom. The summed E-state index contributed by atoms with van der Waals surface area (Å²) >= 11 is 12.4. The second kappa shape index (κ2) is 9.06. The Labute approximate surface area is 176 Å². The van der Waals surface area contributed by atoms with E-state index in [1.807, 2.05) is 31.2 Å². The maximum Gasteiger partial charge on any atom is 0.262 e. The third kappa shape index (κ3) is 4.92. The first-order valence-electron chi connectivity index (χ1n) is 9.62. The first-order chi connectivity index (χ1) is 13.3. The van der Waals surface area contributed by atoms with Gasteiger partial charge in [0.1, 0.15) is 5.75 Å². The molecule has 1 aliphatic heterocycles. The van der Waals surface area contributed by atoms with Gasteiger partial charge in [0.25, 0.3) is 5.91 Å². The first kappa shape index (κ1) is 20.8. The monoisotopic (exact) mass is 420 g/mol. The molecule has 0 saturated carbocycles. The van der Waals surface area contributed by atoms with Gasteiger partial charge in [-0.3, -0.25) is 4.79 Å². The molecule has 0 unspecified atom stereocenters. The molecule has 3 rings (SSSR count). The third-order valence-electron chi connectivity index (χ3n) is 4.95. The van der Waals surface area contributed by atoms with Crippen LogP contribution < -0.4 is 15.0 Å². The van der Waals surface area contributed by atoms with E-state index in [1.54, 1.807) is 6.07 Å². The van der Waals surface area contributed by atoms with Gasteiger partial charge in [-0.05, 0) is 67.1 Å². The standard InChI is InChI=1S/C22H26Cl2N2O2/c1-14(2)17-12-18(24)15(3)10-21(17)28-13-22(27)25-19-11-16(23)6-7-20(19)26-8-4-5-9-26/h6-7,10-12,14H,4-5,8-9,13H2,1-3H3,(H,25,27). The van der Waals surface area contributed by atoms with Crippen LogP contribution in [0.3, 0.4) is 0 Å². The number of nitrogens with one attached hydrogen (secondary N) is 1. The zero-order valence-corrected chi connectivity index (χ0v) is 18.0. The number of amides is 1. The van der Waals surface area contributed by atoms with E-state index < -0.39 is 0 Å². The molecule has 4 nitrogen and oxygen atoms in total. The van der Waals surface area contributed by atoms with Gasteiger partial charge in [-0.25, -0.2) is 0 Å². The summed E-state index contributed by atoms with van der Waals surface area (Å²) in [7, 11) is 0. The largest absolute Gasteiger partial charge is 0.483 e. The molecular formula is C22H26Cl2N2O2. The van der Waals surface area contributed by atoms with E-state index in [-0.39, 0.29) is 18.4 Å². The van der Waals surface area contributed by atoms with E-state index in [0.717, 1.165) is 48.4 Å². The predicted molar refractivity (Wildman–Crippen MR) is 117 cm³/mol. The predicted octanol–water partition coefficient (Wildman–Crippen LogP) is 6.04. The molecule has 150 valence electrons. The number of carbonyl (C=O) groups is 1. The van der Waals surface area contributed by atoms with Crippen LogP contribution in [0.25, 0.3) is 0 Å². The lowest BCUT2D eigenvalue weighted by Gasteiger charge is -2.22. The van der Waals surface area contributed by atoms with E-state index >= 15 is 0 Å². The number of hydrogen-bond acceptors (Lipinski definition) is 3. The molecule has 1 fully saturated rings. The highest BCUT2D eigenvalue weighted by Gasteiger charge is 2.18. The second-order valence-corrected chi connectivity index (χ2v) is 8.33. The van der Waals surface area contributed by atoms with Crippen LogP contribution in [0.4, 0.5) is 11.4 Å². The number of ether oxygens (including phenoxy) is 1. The minimum atomic E-state index is -0.218. The van der Waals surface area contributed by atoms with Crippen molar-refractivity contribution in [2.45, 2.75) is 39.5 Å². The van der Waals surface area contributed by atoms with Crippen LogP contribution in [-0.4, -0.2) is 25.6 Å². The lowest BCUT2D eigenvalue weighted by atomic mass is 10.0. The van der Waals surface area contributed by atoms with Crippen molar-refractivity contribution < 1.29 is 9.53 Å². The number of carbonyl (C=O) groups excluding carboxylic acids is 1. The zero-order chi connectivity index (χ0) is 20.3. The Morgan fingerprint density at radius 2 is 1.89 bits per heavy atom. The topological polar surface area (TPSA) is 41.6 Å².